The smallest absolute Gasteiger partial charge is 0.211 e. The molecule has 0 aliphatic rings. The van der Waals surface area contributed by atoms with E-state index >= 15 is 0 Å². The molecule has 0 aliphatic carbocycles. The summed E-state index contributed by atoms with van der Waals surface area (Å²) in [4.78, 5) is 6.74. The highest BCUT2D eigenvalue weighted by molar-refractivity contribution is 6.33. The van der Waals surface area contributed by atoms with Gasteiger partial charge in [-0.3, -0.25) is 0 Å². The third-order valence-corrected chi connectivity index (χ3v) is 2.89. The molecular weight excluding hydrogens is 245 g/mol. The van der Waals surface area contributed by atoms with Crippen molar-refractivity contribution >= 4 is 23.2 Å². The summed E-state index contributed by atoms with van der Waals surface area (Å²) in [5.74, 6) is 0.191. The summed E-state index contributed by atoms with van der Waals surface area (Å²) >= 11 is 11.9. The number of benzene rings is 1. The van der Waals surface area contributed by atoms with E-state index in [1.54, 1.807) is 6.07 Å². The van der Waals surface area contributed by atoms with E-state index in [2.05, 4.69) is 9.97 Å². The first-order valence-electron chi connectivity index (χ1n) is 4.54. The van der Waals surface area contributed by atoms with Crippen LogP contribution in [0.15, 0.2) is 18.2 Å². The molecule has 3 nitrogen and oxygen atoms in total. The lowest BCUT2D eigenvalue weighted by atomic mass is 10.1. The van der Waals surface area contributed by atoms with Gasteiger partial charge >= 0.3 is 0 Å². The number of rotatable bonds is 1. The van der Waals surface area contributed by atoms with Gasteiger partial charge in [0.15, 0.2) is 0 Å². The Morgan fingerprint density at radius 3 is 2.69 bits per heavy atom. The molecule has 5 heteroatoms. The number of nitriles is 1. The number of nitrogens with zero attached hydrogens (tertiary/aromatic N) is 2. The molecule has 0 bridgehead atoms. The maximum atomic E-state index is 8.69. The predicted molar refractivity (Wildman–Crippen MR) is 63.5 cm³/mol. The zero-order valence-electron chi connectivity index (χ0n) is 8.38. The average Bonchev–Trinajstić information content (AvgIpc) is 2.64. The minimum atomic E-state index is 0.191. The monoisotopic (exact) mass is 251 g/mol. The lowest BCUT2D eigenvalue weighted by molar-refractivity contribution is 1.23. The fourth-order valence-corrected chi connectivity index (χ4v) is 1.76. The lowest BCUT2D eigenvalue weighted by Crippen LogP contribution is -1.82. The Bertz CT molecular complexity index is 581. The van der Waals surface area contributed by atoms with Crippen LogP contribution in [-0.4, -0.2) is 9.97 Å². The van der Waals surface area contributed by atoms with E-state index in [9.17, 15) is 0 Å². The molecule has 0 unspecified atom stereocenters. The summed E-state index contributed by atoms with van der Waals surface area (Å²) in [5, 5.41) is 9.68. The predicted octanol–water partition coefficient (Wildman–Crippen LogP) is 3.56. The molecule has 0 saturated heterocycles. The van der Waals surface area contributed by atoms with Crippen LogP contribution in [0.1, 0.15) is 11.4 Å². The SMILES string of the molecule is Cc1ccc(-c2nc(C#N)[nH]c2Cl)cc1Cl. The number of nitrogens with one attached hydrogen (secondary N) is 1. The maximum absolute atomic E-state index is 8.69. The molecule has 16 heavy (non-hydrogen) atoms. The maximum Gasteiger partial charge on any atom is 0.211 e. The number of aryl methyl sites for hydroxylation is 1. The number of imidazole rings is 1. The second-order valence-corrected chi connectivity index (χ2v) is 4.11. The minimum absolute atomic E-state index is 0.191. The van der Waals surface area contributed by atoms with Gasteiger partial charge in [0, 0.05) is 10.6 Å². The van der Waals surface area contributed by atoms with E-state index in [4.69, 9.17) is 28.5 Å². The normalized spacial score (nSPS) is 10.1. The zero-order chi connectivity index (χ0) is 11.7. The van der Waals surface area contributed by atoms with E-state index < -0.39 is 0 Å². The van der Waals surface area contributed by atoms with Crippen molar-refractivity contribution < 1.29 is 0 Å². The Hall–Kier alpha value is -1.50. The highest BCUT2D eigenvalue weighted by Gasteiger charge is 2.11. The van der Waals surface area contributed by atoms with E-state index in [-0.39, 0.29) is 5.82 Å². The van der Waals surface area contributed by atoms with Crippen LogP contribution in [0.25, 0.3) is 11.3 Å². The number of hydrogen-bond acceptors (Lipinski definition) is 2. The van der Waals surface area contributed by atoms with Crippen molar-refractivity contribution in [1.82, 2.24) is 9.97 Å². The van der Waals surface area contributed by atoms with Crippen molar-refractivity contribution in [3.8, 4) is 17.3 Å². The largest absolute Gasteiger partial charge is 0.320 e. The van der Waals surface area contributed by atoms with Gasteiger partial charge in [-0.2, -0.15) is 5.26 Å². The van der Waals surface area contributed by atoms with Gasteiger partial charge in [0.05, 0.1) is 0 Å². The van der Waals surface area contributed by atoms with Crippen LogP contribution in [0.3, 0.4) is 0 Å². The van der Waals surface area contributed by atoms with Gasteiger partial charge in [-0.15, -0.1) is 0 Å². The molecule has 0 saturated carbocycles. The first kappa shape index (κ1) is 11.0. The third-order valence-electron chi connectivity index (χ3n) is 2.21. The van der Waals surface area contributed by atoms with Crippen LogP contribution >= 0.6 is 23.2 Å². The van der Waals surface area contributed by atoms with Crippen LogP contribution < -0.4 is 0 Å². The van der Waals surface area contributed by atoms with E-state index in [0.29, 0.717) is 15.9 Å². The highest BCUT2D eigenvalue weighted by atomic mass is 35.5. The van der Waals surface area contributed by atoms with Crippen molar-refractivity contribution in [1.29, 1.82) is 5.26 Å². The molecule has 0 aliphatic heterocycles. The van der Waals surface area contributed by atoms with Crippen molar-refractivity contribution in [3.05, 3.63) is 39.8 Å². The molecule has 0 spiro atoms. The average molecular weight is 252 g/mol. The fourth-order valence-electron chi connectivity index (χ4n) is 1.34. The van der Waals surface area contributed by atoms with Crippen LogP contribution in [0.5, 0.6) is 0 Å². The Labute approximate surface area is 103 Å². The summed E-state index contributed by atoms with van der Waals surface area (Å²) in [7, 11) is 0. The number of aromatic amines is 1. The first-order valence-corrected chi connectivity index (χ1v) is 5.29. The van der Waals surface area contributed by atoms with Crippen LogP contribution in [0.2, 0.25) is 10.2 Å². The minimum Gasteiger partial charge on any atom is -0.320 e. The van der Waals surface area contributed by atoms with Gasteiger partial charge in [0.2, 0.25) is 5.82 Å². The van der Waals surface area contributed by atoms with E-state index in [1.165, 1.54) is 0 Å². The Morgan fingerprint density at radius 2 is 2.12 bits per heavy atom. The Morgan fingerprint density at radius 1 is 1.38 bits per heavy atom. The summed E-state index contributed by atoms with van der Waals surface area (Å²) in [5.41, 5.74) is 2.32. The first-order chi connectivity index (χ1) is 7.61. The topological polar surface area (TPSA) is 52.5 Å². The standard InChI is InChI=1S/C11H7Cl2N3/c1-6-2-3-7(4-8(6)12)10-11(13)16-9(5-14)15-10/h2-4H,1H3,(H,15,16). The van der Waals surface area contributed by atoms with Gasteiger partial charge in [0.25, 0.3) is 0 Å². The molecule has 0 atom stereocenters. The van der Waals surface area contributed by atoms with Crippen LogP contribution in [-0.2, 0) is 0 Å². The zero-order valence-corrected chi connectivity index (χ0v) is 9.89. The van der Waals surface area contributed by atoms with Crippen molar-refractivity contribution in [2.24, 2.45) is 0 Å². The second kappa shape index (κ2) is 4.17. The molecule has 1 heterocycles. The Balaban J connectivity index is 2.55. The lowest BCUT2D eigenvalue weighted by Gasteiger charge is -2.01. The van der Waals surface area contributed by atoms with Gasteiger partial charge < -0.3 is 4.98 Å². The van der Waals surface area contributed by atoms with Crippen LogP contribution in [0, 0.1) is 18.3 Å². The summed E-state index contributed by atoms with van der Waals surface area (Å²) in [6.07, 6.45) is 0. The number of H-pyrrole nitrogens is 1. The molecule has 2 aromatic rings. The molecule has 0 radical (unpaired) electrons. The highest BCUT2D eigenvalue weighted by Crippen LogP contribution is 2.28. The van der Waals surface area contributed by atoms with Gasteiger partial charge in [-0.05, 0) is 18.6 Å². The molecule has 1 aromatic heterocycles. The van der Waals surface area contributed by atoms with E-state index in [0.717, 1.165) is 11.1 Å². The van der Waals surface area contributed by atoms with Crippen molar-refractivity contribution in [2.45, 2.75) is 6.92 Å². The number of halogens is 2. The van der Waals surface area contributed by atoms with E-state index in [1.807, 2.05) is 25.1 Å². The Kier molecular flexibility index (Phi) is 2.86. The molecule has 0 amide bonds. The summed E-state index contributed by atoms with van der Waals surface area (Å²) < 4.78 is 0. The molecule has 1 N–H and O–H groups in total. The second-order valence-electron chi connectivity index (χ2n) is 3.32. The third kappa shape index (κ3) is 1.90. The van der Waals surface area contributed by atoms with Gasteiger partial charge in [0.1, 0.15) is 16.9 Å². The molecule has 80 valence electrons. The molecule has 0 fully saturated rings. The van der Waals surface area contributed by atoms with Crippen molar-refractivity contribution in [3.63, 3.8) is 0 Å². The number of hydrogen-bond donors (Lipinski definition) is 1. The molecule has 2 rings (SSSR count). The van der Waals surface area contributed by atoms with Crippen molar-refractivity contribution in [2.75, 3.05) is 0 Å². The quantitative estimate of drug-likeness (QED) is 0.843. The van der Waals surface area contributed by atoms with Crippen LogP contribution in [0.4, 0.5) is 0 Å². The van der Waals surface area contributed by atoms with Gasteiger partial charge in [-0.25, -0.2) is 4.98 Å². The molecular formula is C11H7Cl2N3. The summed E-state index contributed by atoms with van der Waals surface area (Å²) in [6, 6.07) is 7.43. The fraction of sp³-hybridized carbons (Fsp3) is 0.0909. The molecule has 1 aromatic carbocycles. The number of aromatic nitrogens is 2. The summed E-state index contributed by atoms with van der Waals surface area (Å²) in [6.45, 7) is 1.92. The van der Waals surface area contributed by atoms with Gasteiger partial charge in [-0.1, -0.05) is 35.3 Å².